The number of nitrogens with two attached hydrogens (primary N) is 1. The normalized spacial score (nSPS) is 20.8. The summed E-state index contributed by atoms with van der Waals surface area (Å²) in [6, 6.07) is 6.99. The van der Waals surface area contributed by atoms with E-state index < -0.39 is 11.9 Å². The van der Waals surface area contributed by atoms with Gasteiger partial charge in [-0.3, -0.25) is 10.1 Å². The summed E-state index contributed by atoms with van der Waals surface area (Å²) in [6.45, 7) is 0. The molecule has 5 N–H and O–H groups in total. The number of carbonyl (C=O) groups is 2. The van der Waals surface area contributed by atoms with Crippen LogP contribution < -0.4 is 21.7 Å². The number of amides is 3. The number of halogens is 1. The molecule has 3 heterocycles. The van der Waals surface area contributed by atoms with Crippen molar-refractivity contribution in [1.82, 2.24) is 5.32 Å². The molecule has 1 aromatic carbocycles. The maximum absolute atomic E-state index is 12.3. The molecule has 2 bridgehead atoms. The third-order valence-electron chi connectivity index (χ3n) is 4.62. The summed E-state index contributed by atoms with van der Waals surface area (Å²) >= 11 is 7.28. The van der Waals surface area contributed by atoms with E-state index in [9.17, 15) is 9.59 Å². The fraction of sp³-hybridized carbons (Fsp3) is 0.294. The van der Waals surface area contributed by atoms with Gasteiger partial charge in [0.25, 0.3) is 5.91 Å². The lowest BCUT2D eigenvalue weighted by atomic mass is 9.98. The Kier molecular flexibility index (Phi) is 4.15. The number of nitrogens with one attached hydrogen (secondary N) is 3. The standard InChI is InChI=1S/C17H17ClN4O2S/c18-8-1-3-9(4-2-8)21-17(24)22-16-14(15(19)23)13-11-6-5-10(20-11)7-12(13)25-16/h1-4,10-11,20H,5-7H2,(H2,19,23)(H2,21,22,24)/t10-,11+/m0/s1. The van der Waals surface area contributed by atoms with Gasteiger partial charge in [-0.1, -0.05) is 11.6 Å². The minimum atomic E-state index is -0.508. The third kappa shape index (κ3) is 3.10. The van der Waals surface area contributed by atoms with Gasteiger partial charge in [-0.25, -0.2) is 4.79 Å². The van der Waals surface area contributed by atoms with Crippen LogP contribution in [0.25, 0.3) is 0 Å². The molecule has 25 heavy (non-hydrogen) atoms. The summed E-state index contributed by atoms with van der Waals surface area (Å²) in [6.07, 6.45) is 2.96. The molecule has 0 spiro atoms. The van der Waals surface area contributed by atoms with Crippen LogP contribution >= 0.6 is 22.9 Å². The van der Waals surface area contributed by atoms with Crippen molar-refractivity contribution in [3.8, 4) is 0 Å². The summed E-state index contributed by atoms with van der Waals surface area (Å²) in [5, 5.41) is 10.1. The largest absolute Gasteiger partial charge is 0.365 e. The molecular formula is C17H17ClN4O2S. The molecule has 130 valence electrons. The van der Waals surface area contributed by atoms with Gasteiger partial charge in [-0.05, 0) is 49.1 Å². The van der Waals surface area contributed by atoms with E-state index in [1.54, 1.807) is 24.3 Å². The van der Waals surface area contributed by atoms with Crippen molar-refractivity contribution in [2.75, 3.05) is 10.6 Å². The molecule has 3 amide bonds. The molecule has 1 saturated heterocycles. The van der Waals surface area contributed by atoms with Gasteiger partial charge in [0, 0.05) is 27.7 Å². The summed E-state index contributed by atoms with van der Waals surface area (Å²) < 4.78 is 0. The van der Waals surface area contributed by atoms with Crippen LogP contribution in [0.5, 0.6) is 0 Å². The highest BCUT2D eigenvalue weighted by Crippen LogP contribution is 2.45. The van der Waals surface area contributed by atoms with Crippen molar-refractivity contribution >= 4 is 45.6 Å². The van der Waals surface area contributed by atoms with Crippen LogP contribution in [-0.4, -0.2) is 18.0 Å². The monoisotopic (exact) mass is 376 g/mol. The number of urea groups is 1. The molecule has 2 aliphatic rings. The van der Waals surface area contributed by atoms with E-state index in [0.717, 1.165) is 29.7 Å². The second-order valence-electron chi connectivity index (χ2n) is 6.29. The molecule has 4 rings (SSSR count). The highest BCUT2D eigenvalue weighted by Gasteiger charge is 2.38. The number of benzene rings is 1. The number of carbonyl (C=O) groups excluding carboxylic acids is 2. The summed E-state index contributed by atoms with van der Waals surface area (Å²) in [5.41, 5.74) is 7.63. The van der Waals surface area contributed by atoms with Gasteiger partial charge in [0.05, 0.1) is 5.56 Å². The first-order valence-corrected chi connectivity index (χ1v) is 9.25. The van der Waals surface area contributed by atoms with E-state index in [0.29, 0.717) is 27.3 Å². The van der Waals surface area contributed by atoms with Gasteiger partial charge in [0.1, 0.15) is 5.00 Å². The van der Waals surface area contributed by atoms with Gasteiger partial charge < -0.3 is 16.4 Å². The van der Waals surface area contributed by atoms with E-state index in [4.69, 9.17) is 17.3 Å². The third-order valence-corrected chi connectivity index (χ3v) is 6.01. The lowest BCUT2D eigenvalue weighted by Crippen LogP contribution is -2.32. The highest BCUT2D eigenvalue weighted by atomic mass is 35.5. The number of hydrogen-bond donors (Lipinski definition) is 4. The van der Waals surface area contributed by atoms with Gasteiger partial charge in [-0.2, -0.15) is 0 Å². The predicted molar refractivity (Wildman–Crippen MR) is 99.5 cm³/mol. The van der Waals surface area contributed by atoms with E-state index >= 15 is 0 Å². The van der Waals surface area contributed by atoms with Gasteiger partial charge in [0.2, 0.25) is 0 Å². The van der Waals surface area contributed by atoms with Gasteiger partial charge in [0.15, 0.2) is 0 Å². The smallest absolute Gasteiger partial charge is 0.324 e. The minimum Gasteiger partial charge on any atom is -0.365 e. The summed E-state index contributed by atoms with van der Waals surface area (Å²) in [5.74, 6) is -0.508. The van der Waals surface area contributed by atoms with Gasteiger partial charge in [-0.15, -0.1) is 11.3 Å². The second-order valence-corrected chi connectivity index (χ2v) is 7.83. The van der Waals surface area contributed by atoms with Crippen molar-refractivity contribution in [2.24, 2.45) is 5.73 Å². The molecule has 2 aromatic rings. The Hall–Kier alpha value is -2.09. The van der Waals surface area contributed by atoms with Crippen molar-refractivity contribution in [3.63, 3.8) is 0 Å². The van der Waals surface area contributed by atoms with Crippen LogP contribution in [0.15, 0.2) is 24.3 Å². The quantitative estimate of drug-likeness (QED) is 0.660. The summed E-state index contributed by atoms with van der Waals surface area (Å²) in [7, 11) is 0. The van der Waals surface area contributed by atoms with Crippen molar-refractivity contribution < 1.29 is 9.59 Å². The maximum Gasteiger partial charge on any atom is 0.324 e. The Morgan fingerprint density at radius 3 is 2.68 bits per heavy atom. The maximum atomic E-state index is 12.3. The zero-order valence-electron chi connectivity index (χ0n) is 13.3. The van der Waals surface area contributed by atoms with E-state index in [-0.39, 0.29) is 6.04 Å². The average Bonchev–Trinajstić information content (AvgIpc) is 3.11. The highest BCUT2D eigenvalue weighted by molar-refractivity contribution is 7.17. The fourth-order valence-electron chi connectivity index (χ4n) is 3.57. The number of rotatable bonds is 3. The Morgan fingerprint density at radius 2 is 1.96 bits per heavy atom. The Labute approximate surface area is 153 Å². The topological polar surface area (TPSA) is 96.2 Å². The lowest BCUT2D eigenvalue weighted by Gasteiger charge is -2.22. The van der Waals surface area contributed by atoms with Crippen molar-refractivity contribution in [3.05, 3.63) is 45.3 Å². The zero-order chi connectivity index (χ0) is 17.6. The molecule has 1 aromatic heterocycles. The molecule has 2 atom stereocenters. The lowest BCUT2D eigenvalue weighted by molar-refractivity contribution is 0.1000. The van der Waals surface area contributed by atoms with Crippen LogP contribution in [0.4, 0.5) is 15.5 Å². The molecule has 0 unspecified atom stereocenters. The summed E-state index contributed by atoms with van der Waals surface area (Å²) in [4.78, 5) is 25.5. The molecule has 1 fully saturated rings. The SMILES string of the molecule is NC(=O)c1c(NC(=O)Nc2ccc(Cl)cc2)sc2c1[C@H]1CC[C@@H](C2)N1. The Balaban J connectivity index is 1.58. The Morgan fingerprint density at radius 1 is 1.20 bits per heavy atom. The van der Waals surface area contributed by atoms with E-state index in [1.807, 2.05) is 0 Å². The number of hydrogen-bond acceptors (Lipinski definition) is 4. The van der Waals surface area contributed by atoms with Crippen LogP contribution in [0.1, 0.15) is 39.7 Å². The second kappa shape index (κ2) is 6.33. The van der Waals surface area contributed by atoms with Crippen LogP contribution in [0.3, 0.4) is 0 Å². The van der Waals surface area contributed by atoms with E-state index in [2.05, 4.69) is 16.0 Å². The molecule has 6 nitrogen and oxygen atoms in total. The number of primary amides is 1. The predicted octanol–water partition coefficient (Wildman–Crippen LogP) is 3.49. The van der Waals surface area contributed by atoms with Crippen LogP contribution in [-0.2, 0) is 6.42 Å². The first-order chi connectivity index (χ1) is 12.0. The zero-order valence-corrected chi connectivity index (χ0v) is 14.8. The molecular weight excluding hydrogens is 360 g/mol. The Bertz CT molecular complexity index is 849. The molecule has 8 heteroatoms. The van der Waals surface area contributed by atoms with Gasteiger partial charge >= 0.3 is 6.03 Å². The number of thiophene rings is 1. The van der Waals surface area contributed by atoms with Crippen LogP contribution in [0, 0.1) is 0 Å². The number of anilines is 2. The molecule has 0 radical (unpaired) electrons. The van der Waals surface area contributed by atoms with Crippen molar-refractivity contribution in [2.45, 2.75) is 31.3 Å². The molecule has 0 saturated carbocycles. The van der Waals surface area contributed by atoms with Crippen LogP contribution in [0.2, 0.25) is 5.02 Å². The first kappa shape index (κ1) is 16.4. The fourth-order valence-corrected chi connectivity index (χ4v) is 5.04. The average molecular weight is 377 g/mol. The molecule has 2 aliphatic heterocycles. The van der Waals surface area contributed by atoms with E-state index in [1.165, 1.54) is 11.3 Å². The number of fused-ring (bicyclic) bond motifs is 4. The van der Waals surface area contributed by atoms with Crippen molar-refractivity contribution in [1.29, 1.82) is 0 Å². The molecule has 0 aliphatic carbocycles. The first-order valence-electron chi connectivity index (χ1n) is 8.06. The minimum absolute atomic E-state index is 0.155.